The number of nitrogens with one attached hydrogen (secondary N) is 1. The lowest BCUT2D eigenvalue weighted by atomic mass is 10.1. The van der Waals surface area contributed by atoms with Gasteiger partial charge in [0, 0.05) is 20.3 Å². The number of hydrogen-bond donors (Lipinski definition) is 1. The van der Waals surface area contributed by atoms with Gasteiger partial charge in [-0.15, -0.1) is 0 Å². The third kappa shape index (κ3) is 6.31. The van der Waals surface area contributed by atoms with Gasteiger partial charge in [-0.3, -0.25) is 4.79 Å². The SMILES string of the molecule is CCCOc1ccc(C=C(C#N)C(=O)NCCCOC)cc1OC. The molecule has 0 atom stereocenters. The Morgan fingerprint density at radius 3 is 2.71 bits per heavy atom. The number of methoxy groups -OCH3 is 2. The summed E-state index contributed by atoms with van der Waals surface area (Å²) in [4.78, 5) is 12.0. The molecule has 0 spiro atoms. The fourth-order valence-electron chi connectivity index (χ4n) is 1.93. The molecule has 1 amide bonds. The van der Waals surface area contributed by atoms with Crippen molar-refractivity contribution in [2.24, 2.45) is 0 Å². The Morgan fingerprint density at radius 2 is 2.08 bits per heavy atom. The highest BCUT2D eigenvalue weighted by Crippen LogP contribution is 2.29. The van der Waals surface area contributed by atoms with Crippen LogP contribution in [0.4, 0.5) is 0 Å². The third-order valence-corrected chi connectivity index (χ3v) is 3.14. The minimum Gasteiger partial charge on any atom is -0.493 e. The molecule has 0 radical (unpaired) electrons. The molecule has 1 aromatic carbocycles. The van der Waals surface area contributed by atoms with Crippen molar-refractivity contribution in [1.29, 1.82) is 5.26 Å². The van der Waals surface area contributed by atoms with Gasteiger partial charge in [-0.1, -0.05) is 13.0 Å². The lowest BCUT2D eigenvalue weighted by Gasteiger charge is -2.10. The molecule has 24 heavy (non-hydrogen) atoms. The molecule has 1 aromatic rings. The Bertz CT molecular complexity index is 606. The van der Waals surface area contributed by atoms with Crippen molar-refractivity contribution in [3.8, 4) is 17.6 Å². The summed E-state index contributed by atoms with van der Waals surface area (Å²) in [6.45, 7) is 3.63. The van der Waals surface area contributed by atoms with Crippen LogP contribution in [0.2, 0.25) is 0 Å². The Kier molecular flexibility index (Phi) is 9.02. The van der Waals surface area contributed by atoms with E-state index in [1.807, 2.05) is 13.0 Å². The molecule has 0 aliphatic heterocycles. The van der Waals surface area contributed by atoms with Gasteiger partial charge in [0.05, 0.1) is 13.7 Å². The number of ether oxygens (including phenoxy) is 3. The summed E-state index contributed by atoms with van der Waals surface area (Å²) in [5, 5.41) is 11.9. The van der Waals surface area contributed by atoms with Gasteiger partial charge in [-0.05, 0) is 36.6 Å². The van der Waals surface area contributed by atoms with Crippen LogP contribution in [0.25, 0.3) is 6.08 Å². The molecule has 0 bridgehead atoms. The summed E-state index contributed by atoms with van der Waals surface area (Å²) < 4.78 is 15.8. The Labute approximate surface area is 143 Å². The van der Waals surface area contributed by atoms with Crippen LogP contribution in [0.1, 0.15) is 25.3 Å². The lowest BCUT2D eigenvalue weighted by molar-refractivity contribution is -0.117. The predicted octanol–water partition coefficient (Wildman–Crippen LogP) is 2.54. The number of rotatable bonds is 10. The van der Waals surface area contributed by atoms with Gasteiger partial charge in [0.25, 0.3) is 5.91 Å². The second-order valence-electron chi connectivity index (χ2n) is 5.03. The second kappa shape index (κ2) is 11.1. The number of hydrogen-bond acceptors (Lipinski definition) is 5. The maximum absolute atomic E-state index is 12.0. The number of nitriles is 1. The molecular weight excluding hydrogens is 308 g/mol. The molecule has 6 heteroatoms. The quantitative estimate of drug-likeness (QED) is 0.404. The van der Waals surface area contributed by atoms with Crippen LogP contribution in [0, 0.1) is 11.3 Å². The van der Waals surface area contributed by atoms with Crippen molar-refractivity contribution < 1.29 is 19.0 Å². The summed E-state index contributed by atoms with van der Waals surface area (Å²) in [7, 11) is 3.15. The van der Waals surface area contributed by atoms with Crippen LogP contribution in [0.15, 0.2) is 23.8 Å². The number of nitrogens with zero attached hydrogens (tertiary/aromatic N) is 1. The molecule has 6 nitrogen and oxygen atoms in total. The molecule has 0 aliphatic rings. The van der Waals surface area contributed by atoms with Gasteiger partial charge in [0.2, 0.25) is 0 Å². The van der Waals surface area contributed by atoms with Gasteiger partial charge in [-0.25, -0.2) is 0 Å². The number of carbonyl (C=O) groups excluding carboxylic acids is 1. The Morgan fingerprint density at radius 1 is 1.29 bits per heavy atom. The standard InChI is InChI=1S/C18H24N2O4/c1-4-9-24-16-7-6-14(12-17(16)23-3)11-15(13-19)18(21)20-8-5-10-22-2/h6-7,11-12H,4-5,8-10H2,1-3H3,(H,20,21). The van der Waals surface area contributed by atoms with Crippen LogP contribution < -0.4 is 14.8 Å². The summed E-state index contributed by atoms with van der Waals surface area (Å²) in [6.07, 6.45) is 3.11. The molecule has 1 rings (SSSR count). The zero-order chi connectivity index (χ0) is 17.8. The van der Waals surface area contributed by atoms with Gasteiger partial charge in [0.1, 0.15) is 11.6 Å². The first-order chi connectivity index (χ1) is 11.7. The smallest absolute Gasteiger partial charge is 0.261 e. The zero-order valence-corrected chi connectivity index (χ0v) is 14.4. The van der Waals surface area contributed by atoms with Crippen molar-refractivity contribution in [1.82, 2.24) is 5.32 Å². The van der Waals surface area contributed by atoms with Crippen molar-refractivity contribution >= 4 is 12.0 Å². The van der Waals surface area contributed by atoms with Gasteiger partial charge >= 0.3 is 0 Å². The minimum atomic E-state index is -0.404. The van der Waals surface area contributed by atoms with Crippen molar-refractivity contribution in [2.45, 2.75) is 19.8 Å². The highest BCUT2D eigenvalue weighted by molar-refractivity contribution is 6.01. The summed E-state index contributed by atoms with van der Waals surface area (Å²) >= 11 is 0. The minimum absolute atomic E-state index is 0.0386. The van der Waals surface area contributed by atoms with Crippen LogP contribution >= 0.6 is 0 Å². The van der Waals surface area contributed by atoms with E-state index in [0.29, 0.717) is 43.2 Å². The monoisotopic (exact) mass is 332 g/mol. The number of amides is 1. The van der Waals surface area contributed by atoms with E-state index < -0.39 is 5.91 Å². The molecule has 0 aliphatic carbocycles. The predicted molar refractivity (Wildman–Crippen MR) is 91.9 cm³/mol. The van der Waals surface area contributed by atoms with Crippen molar-refractivity contribution in [3.63, 3.8) is 0 Å². The zero-order valence-electron chi connectivity index (χ0n) is 14.4. The first kappa shape index (κ1) is 19.5. The van der Waals surface area contributed by atoms with E-state index in [9.17, 15) is 10.1 Å². The maximum atomic E-state index is 12.0. The van der Waals surface area contributed by atoms with Crippen molar-refractivity contribution in [3.05, 3.63) is 29.3 Å². The van der Waals surface area contributed by atoms with Crippen molar-refractivity contribution in [2.75, 3.05) is 34.0 Å². The molecule has 0 fully saturated rings. The van der Waals surface area contributed by atoms with E-state index in [1.165, 1.54) is 6.08 Å². The van der Waals surface area contributed by atoms with E-state index in [4.69, 9.17) is 14.2 Å². The fraction of sp³-hybridized carbons (Fsp3) is 0.444. The molecule has 0 saturated heterocycles. The first-order valence-corrected chi connectivity index (χ1v) is 7.86. The second-order valence-corrected chi connectivity index (χ2v) is 5.03. The normalized spacial score (nSPS) is 10.8. The van der Waals surface area contributed by atoms with Crippen LogP contribution in [-0.4, -0.2) is 39.9 Å². The highest BCUT2D eigenvalue weighted by Gasteiger charge is 2.10. The van der Waals surface area contributed by atoms with Gasteiger partial charge < -0.3 is 19.5 Å². The van der Waals surface area contributed by atoms with E-state index in [2.05, 4.69) is 5.32 Å². The largest absolute Gasteiger partial charge is 0.493 e. The van der Waals surface area contributed by atoms with E-state index >= 15 is 0 Å². The Hall–Kier alpha value is -2.52. The average Bonchev–Trinajstić information content (AvgIpc) is 2.61. The Balaban J connectivity index is 2.84. The molecule has 0 saturated carbocycles. The molecule has 130 valence electrons. The number of carbonyl (C=O) groups is 1. The van der Waals surface area contributed by atoms with Crippen LogP contribution in [0.5, 0.6) is 11.5 Å². The first-order valence-electron chi connectivity index (χ1n) is 7.86. The summed E-state index contributed by atoms with van der Waals surface area (Å²) in [5.74, 6) is 0.799. The van der Waals surface area contributed by atoms with Gasteiger partial charge in [-0.2, -0.15) is 5.26 Å². The van der Waals surface area contributed by atoms with E-state index in [-0.39, 0.29) is 5.57 Å². The van der Waals surface area contributed by atoms with Crippen LogP contribution in [0.3, 0.4) is 0 Å². The van der Waals surface area contributed by atoms with Gasteiger partial charge in [0.15, 0.2) is 11.5 Å². The van der Waals surface area contributed by atoms with Crippen LogP contribution in [-0.2, 0) is 9.53 Å². The molecule has 0 unspecified atom stereocenters. The fourth-order valence-corrected chi connectivity index (χ4v) is 1.93. The maximum Gasteiger partial charge on any atom is 0.261 e. The lowest BCUT2D eigenvalue weighted by Crippen LogP contribution is -2.26. The summed E-state index contributed by atoms with van der Waals surface area (Å²) in [6, 6.07) is 7.21. The summed E-state index contributed by atoms with van der Waals surface area (Å²) in [5.41, 5.74) is 0.732. The van der Waals surface area contributed by atoms with E-state index in [1.54, 1.807) is 32.4 Å². The highest BCUT2D eigenvalue weighted by atomic mass is 16.5. The molecule has 0 heterocycles. The molecule has 0 aromatic heterocycles. The average molecular weight is 332 g/mol. The topological polar surface area (TPSA) is 80.6 Å². The number of benzene rings is 1. The molecule has 1 N–H and O–H groups in total. The van der Waals surface area contributed by atoms with E-state index in [0.717, 1.165) is 6.42 Å². The molecular formula is C18H24N2O4. The third-order valence-electron chi connectivity index (χ3n) is 3.14.